The predicted molar refractivity (Wildman–Crippen MR) is 114 cm³/mol. The lowest BCUT2D eigenvalue weighted by Gasteiger charge is -2.20. The fraction of sp³-hybridized carbons (Fsp3) is 0.300. The van der Waals surface area contributed by atoms with Crippen LogP contribution in [0, 0.1) is 0 Å². The second-order valence-electron chi connectivity index (χ2n) is 7.09. The summed E-state index contributed by atoms with van der Waals surface area (Å²) in [6.07, 6.45) is -1.89. The number of ether oxygens (including phenoxy) is 1. The Bertz CT molecular complexity index is 1180. The van der Waals surface area contributed by atoms with Gasteiger partial charge in [-0.25, -0.2) is 19.3 Å². The van der Waals surface area contributed by atoms with Crippen molar-refractivity contribution in [3.63, 3.8) is 0 Å². The van der Waals surface area contributed by atoms with E-state index in [1.165, 1.54) is 28.2 Å². The summed E-state index contributed by atoms with van der Waals surface area (Å²) in [6.45, 7) is 3.20. The molecule has 3 heterocycles. The van der Waals surface area contributed by atoms with E-state index >= 15 is 4.39 Å². The Morgan fingerprint density at radius 1 is 1.33 bits per heavy atom. The number of fused-ring (bicyclic) bond motifs is 1. The van der Waals surface area contributed by atoms with Gasteiger partial charge in [-0.2, -0.15) is 0 Å². The lowest BCUT2D eigenvalue weighted by Crippen LogP contribution is -2.32. The summed E-state index contributed by atoms with van der Waals surface area (Å²) in [4.78, 5) is 36.2. The summed E-state index contributed by atoms with van der Waals surface area (Å²) in [5.41, 5.74) is 0.795. The highest BCUT2D eigenvalue weighted by molar-refractivity contribution is 7.32. The second-order valence-corrected chi connectivity index (χ2v) is 7.78. The van der Waals surface area contributed by atoms with Crippen LogP contribution in [-0.4, -0.2) is 67.0 Å². The third-order valence-corrected chi connectivity index (χ3v) is 5.53. The molecule has 0 aliphatic carbocycles. The minimum atomic E-state index is -3.11. The number of aliphatic hydroxyl groups excluding tert-OH is 1. The SMILES string of the molecule is C=CCN(C(=O)c1ccccc1)c1ncnc2c1ncn2C1O[C@H](CO)[C@@H](O[P+](=O)O)[C@H]1F. The number of imidazole rings is 1. The van der Waals surface area contributed by atoms with Crippen LogP contribution in [0.15, 0.2) is 55.6 Å². The van der Waals surface area contributed by atoms with Gasteiger partial charge in [-0.05, 0) is 12.1 Å². The van der Waals surface area contributed by atoms with E-state index in [-0.39, 0.29) is 29.4 Å². The van der Waals surface area contributed by atoms with Crippen LogP contribution in [0.25, 0.3) is 11.2 Å². The number of carbonyl (C=O) groups excluding carboxylic acids is 1. The molecule has 0 bridgehead atoms. The van der Waals surface area contributed by atoms with Crippen molar-refractivity contribution < 1.29 is 33.0 Å². The molecule has 2 N–H and O–H groups in total. The fourth-order valence-electron chi connectivity index (χ4n) is 3.65. The number of aromatic nitrogens is 4. The Balaban J connectivity index is 1.73. The van der Waals surface area contributed by atoms with Gasteiger partial charge in [0, 0.05) is 16.7 Å². The molecule has 0 spiro atoms. The Morgan fingerprint density at radius 2 is 2.09 bits per heavy atom. The first-order chi connectivity index (χ1) is 16.0. The average molecular weight is 476 g/mol. The van der Waals surface area contributed by atoms with E-state index in [1.807, 2.05) is 0 Å². The van der Waals surface area contributed by atoms with E-state index in [0.29, 0.717) is 5.56 Å². The number of benzene rings is 1. The summed E-state index contributed by atoms with van der Waals surface area (Å²) in [7, 11) is -3.11. The molecule has 172 valence electrons. The quantitative estimate of drug-likeness (QED) is 0.369. The molecule has 2 unspecified atom stereocenters. The molecule has 3 aromatic rings. The number of amides is 1. The number of nitrogens with zero attached hydrogens (tertiary/aromatic N) is 5. The van der Waals surface area contributed by atoms with E-state index in [0.717, 1.165) is 0 Å². The van der Waals surface area contributed by atoms with Crippen LogP contribution < -0.4 is 4.90 Å². The molecule has 1 aromatic carbocycles. The maximum absolute atomic E-state index is 15.1. The van der Waals surface area contributed by atoms with Gasteiger partial charge in [0.15, 0.2) is 35.5 Å². The van der Waals surface area contributed by atoms with Crippen molar-refractivity contribution in [2.45, 2.75) is 24.6 Å². The van der Waals surface area contributed by atoms with E-state index in [2.05, 4.69) is 21.5 Å². The first kappa shape index (κ1) is 23.0. The van der Waals surface area contributed by atoms with Crippen LogP contribution in [0.2, 0.25) is 0 Å². The highest BCUT2D eigenvalue weighted by Crippen LogP contribution is 2.39. The highest BCUT2D eigenvalue weighted by Gasteiger charge is 2.51. The van der Waals surface area contributed by atoms with Crippen molar-refractivity contribution in [1.82, 2.24) is 19.5 Å². The van der Waals surface area contributed by atoms with Crippen LogP contribution in [0.4, 0.5) is 10.2 Å². The smallest absolute Gasteiger partial charge is 0.394 e. The van der Waals surface area contributed by atoms with Gasteiger partial charge in [0.25, 0.3) is 5.91 Å². The molecule has 0 radical (unpaired) electrons. The number of carbonyl (C=O) groups is 1. The Kier molecular flexibility index (Phi) is 6.82. The second kappa shape index (κ2) is 9.77. The zero-order valence-corrected chi connectivity index (χ0v) is 18.0. The van der Waals surface area contributed by atoms with Gasteiger partial charge >= 0.3 is 8.25 Å². The van der Waals surface area contributed by atoms with E-state index in [9.17, 15) is 14.5 Å². The van der Waals surface area contributed by atoms with Gasteiger partial charge in [-0.1, -0.05) is 24.3 Å². The monoisotopic (exact) mass is 476 g/mol. The van der Waals surface area contributed by atoms with Crippen molar-refractivity contribution >= 4 is 31.1 Å². The molecule has 13 heteroatoms. The molecular formula is C20H20FN5O6P+. The van der Waals surface area contributed by atoms with Crippen LogP contribution >= 0.6 is 8.25 Å². The number of hydrogen-bond acceptors (Lipinski definition) is 8. The maximum Gasteiger partial charge on any atom is 0.695 e. The van der Waals surface area contributed by atoms with Crippen molar-refractivity contribution in [1.29, 1.82) is 0 Å². The Labute approximate surface area is 188 Å². The largest absolute Gasteiger partial charge is 0.695 e. The molecular weight excluding hydrogens is 456 g/mol. The number of halogens is 1. The molecule has 1 amide bonds. The van der Waals surface area contributed by atoms with Crippen molar-refractivity contribution in [3.8, 4) is 0 Å². The lowest BCUT2D eigenvalue weighted by atomic mass is 10.1. The minimum Gasteiger partial charge on any atom is -0.394 e. The predicted octanol–water partition coefficient (Wildman–Crippen LogP) is 1.92. The normalized spacial score (nSPS) is 22.9. The molecule has 1 aliphatic heterocycles. The van der Waals surface area contributed by atoms with E-state index in [4.69, 9.17) is 14.2 Å². The fourth-order valence-corrected chi connectivity index (χ4v) is 4.11. The van der Waals surface area contributed by atoms with Crippen molar-refractivity contribution in [3.05, 3.63) is 61.2 Å². The zero-order chi connectivity index (χ0) is 23.5. The van der Waals surface area contributed by atoms with E-state index in [1.54, 1.807) is 30.3 Å². The van der Waals surface area contributed by atoms with Gasteiger partial charge < -0.3 is 9.84 Å². The number of hydrogen-bond donors (Lipinski definition) is 2. The number of rotatable bonds is 8. The molecule has 4 rings (SSSR count). The third kappa shape index (κ3) is 4.39. The van der Waals surface area contributed by atoms with Gasteiger partial charge in [0.2, 0.25) is 0 Å². The topological polar surface area (TPSA) is 140 Å². The first-order valence-electron chi connectivity index (χ1n) is 9.85. The summed E-state index contributed by atoms with van der Waals surface area (Å²) < 4.78 is 37.7. The molecule has 5 atom stereocenters. The molecule has 2 aromatic heterocycles. The zero-order valence-electron chi connectivity index (χ0n) is 17.1. The number of aliphatic hydroxyl groups is 1. The van der Waals surface area contributed by atoms with Crippen LogP contribution in [0.3, 0.4) is 0 Å². The maximum atomic E-state index is 15.1. The molecule has 1 aliphatic rings. The van der Waals surface area contributed by atoms with E-state index < -0.39 is 39.5 Å². The average Bonchev–Trinajstić information content (AvgIpc) is 3.38. The minimum absolute atomic E-state index is 0.129. The van der Waals surface area contributed by atoms with Gasteiger partial charge in [0.05, 0.1) is 12.9 Å². The van der Waals surface area contributed by atoms with Gasteiger partial charge in [-0.15, -0.1) is 16.0 Å². The summed E-state index contributed by atoms with van der Waals surface area (Å²) in [6, 6.07) is 8.59. The molecule has 1 fully saturated rings. The Morgan fingerprint density at radius 3 is 2.76 bits per heavy atom. The van der Waals surface area contributed by atoms with Gasteiger partial charge in [0.1, 0.15) is 12.4 Å². The molecule has 1 saturated heterocycles. The summed E-state index contributed by atoms with van der Waals surface area (Å²) in [5, 5.41) is 9.49. The summed E-state index contributed by atoms with van der Waals surface area (Å²) >= 11 is 0. The summed E-state index contributed by atoms with van der Waals surface area (Å²) in [5.74, 6) is -0.156. The van der Waals surface area contributed by atoms with Crippen LogP contribution in [-0.2, 0) is 13.8 Å². The molecule has 11 nitrogen and oxygen atoms in total. The highest BCUT2D eigenvalue weighted by atomic mass is 31.1. The van der Waals surface area contributed by atoms with Crippen molar-refractivity contribution in [2.75, 3.05) is 18.1 Å². The number of anilines is 1. The van der Waals surface area contributed by atoms with Gasteiger partial charge in [-0.3, -0.25) is 14.3 Å². The van der Waals surface area contributed by atoms with Crippen LogP contribution in [0.1, 0.15) is 16.6 Å². The van der Waals surface area contributed by atoms with Crippen molar-refractivity contribution in [2.24, 2.45) is 0 Å². The third-order valence-electron chi connectivity index (χ3n) is 5.11. The Hall–Kier alpha value is -3.15. The van der Waals surface area contributed by atoms with Crippen LogP contribution in [0.5, 0.6) is 0 Å². The standard InChI is InChI=1S/C20H19FN5O6P/c1-2-8-25(19(28)12-6-4-3-5-7-12)17-15-18(23-10-22-17)26(11-24-15)20-14(21)16(32-33(29)30)13(9-27)31-20/h2-7,10-11,13-14,16,20,27H,1,8-9H2/p+1/t13-,14-,16-,20?/m1/s1. The molecule has 0 saturated carbocycles. The molecule has 33 heavy (non-hydrogen) atoms. The number of alkyl halides is 1. The lowest BCUT2D eigenvalue weighted by molar-refractivity contribution is -0.0436. The first-order valence-corrected chi connectivity index (χ1v) is 11.0.